The normalized spacial score (nSPS) is 17.0. The number of furan rings is 1. The van der Waals surface area contributed by atoms with E-state index < -0.39 is 0 Å². The van der Waals surface area contributed by atoms with Gasteiger partial charge < -0.3 is 20.0 Å². The Morgan fingerprint density at radius 3 is 2.69 bits per heavy atom. The number of nitrogens with zero attached hydrogens (tertiary/aromatic N) is 3. The molecule has 1 saturated heterocycles. The van der Waals surface area contributed by atoms with Crippen molar-refractivity contribution in [2.45, 2.75) is 38.1 Å². The number of aliphatic imine (C=N–C) groups is 1. The van der Waals surface area contributed by atoms with Gasteiger partial charge in [0.1, 0.15) is 5.76 Å². The van der Waals surface area contributed by atoms with E-state index in [0.717, 1.165) is 56.4 Å². The lowest BCUT2D eigenvalue weighted by molar-refractivity contribution is -0.118. The maximum atomic E-state index is 12.7. The van der Waals surface area contributed by atoms with Gasteiger partial charge in [0, 0.05) is 38.8 Å². The van der Waals surface area contributed by atoms with Crippen molar-refractivity contribution in [2.24, 2.45) is 4.99 Å². The number of hydrogen-bond donors (Lipinski definition) is 2. The van der Waals surface area contributed by atoms with Gasteiger partial charge >= 0.3 is 0 Å². The molecule has 32 heavy (non-hydrogen) atoms. The number of fused-ring (bicyclic) bond motifs is 1. The molecule has 1 atom stereocenters. The summed E-state index contributed by atoms with van der Waals surface area (Å²) in [6.45, 7) is 4.42. The highest BCUT2D eigenvalue weighted by molar-refractivity contribution is 14.0. The van der Waals surface area contributed by atoms with Crippen LogP contribution in [0.1, 0.15) is 43.0 Å². The molecule has 2 aliphatic rings. The lowest BCUT2D eigenvalue weighted by Gasteiger charge is -2.26. The van der Waals surface area contributed by atoms with Crippen molar-refractivity contribution in [1.82, 2.24) is 15.5 Å². The molecule has 2 aromatic rings. The Hall–Kier alpha value is -2.07. The molecule has 8 heteroatoms. The largest absolute Gasteiger partial charge is 0.468 e. The van der Waals surface area contributed by atoms with Gasteiger partial charge in [-0.1, -0.05) is 18.2 Å². The van der Waals surface area contributed by atoms with Gasteiger partial charge in [0.25, 0.3) is 0 Å². The molecule has 1 aromatic heterocycles. The van der Waals surface area contributed by atoms with Gasteiger partial charge in [-0.15, -0.1) is 24.0 Å². The van der Waals surface area contributed by atoms with Crippen LogP contribution in [0.4, 0.5) is 5.69 Å². The van der Waals surface area contributed by atoms with Gasteiger partial charge in [-0.05, 0) is 62.5 Å². The maximum Gasteiger partial charge on any atom is 0.227 e. The van der Waals surface area contributed by atoms with Crippen molar-refractivity contribution in [3.63, 3.8) is 0 Å². The van der Waals surface area contributed by atoms with Gasteiger partial charge in [0.15, 0.2) is 5.96 Å². The first-order valence-electron chi connectivity index (χ1n) is 11.4. The maximum absolute atomic E-state index is 12.7. The van der Waals surface area contributed by atoms with Crippen LogP contribution in [-0.4, -0.2) is 56.5 Å². The fourth-order valence-corrected chi connectivity index (χ4v) is 4.54. The van der Waals surface area contributed by atoms with Crippen molar-refractivity contribution in [2.75, 3.05) is 44.7 Å². The van der Waals surface area contributed by atoms with Crippen LogP contribution >= 0.6 is 24.0 Å². The molecule has 0 spiro atoms. The standard InChI is InChI=1S/C24H33N5O2.HI/c1-25-24(27-18-21(22-10-7-17-31-22)28-14-4-5-15-28)26-13-6-11-23(30)29-16-12-19-8-2-3-9-20(19)29;/h2-3,7-10,17,21H,4-6,11-16,18H2,1H3,(H2,25,26,27);1H. The van der Waals surface area contributed by atoms with Crippen molar-refractivity contribution in [3.05, 3.63) is 54.0 Å². The summed E-state index contributed by atoms with van der Waals surface area (Å²) in [5, 5.41) is 6.78. The number of hydrogen-bond acceptors (Lipinski definition) is 4. The molecule has 0 bridgehead atoms. The van der Waals surface area contributed by atoms with E-state index >= 15 is 0 Å². The summed E-state index contributed by atoms with van der Waals surface area (Å²) in [7, 11) is 1.78. The first-order valence-corrected chi connectivity index (χ1v) is 11.4. The van der Waals surface area contributed by atoms with Crippen molar-refractivity contribution in [3.8, 4) is 0 Å². The van der Waals surface area contributed by atoms with Gasteiger partial charge in [0.2, 0.25) is 5.91 Å². The molecule has 1 amide bonds. The van der Waals surface area contributed by atoms with Crippen molar-refractivity contribution in [1.29, 1.82) is 0 Å². The Morgan fingerprint density at radius 2 is 1.94 bits per heavy atom. The Labute approximate surface area is 207 Å². The Kier molecular flexibility index (Phi) is 9.40. The van der Waals surface area contributed by atoms with Crippen LogP contribution in [0.25, 0.3) is 0 Å². The minimum absolute atomic E-state index is 0. The number of halogens is 1. The Morgan fingerprint density at radius 1 is 1.12 bits per heavy atom. The zero-order valence-corrected chi connectivity index (χ0v) is 21.1. The fraction of sp³-hybridized carbons (Fsp3) is 0.500. The third-order valence-corrected chi connectivity index (χ3v) is 6.19. The number of nitrogens with one attached hydrogen (secondary N) is 2. The number of carbonyl (C=O) groups is 1. The number of para-hydroxylation sites is 1. The molecule has 4 rings (SSSR count). The van der Waals surface area contributed by atoms with E-state index in [1.54, 1.807) is 13.3 Å². The highest BCUT2D eigenvalue weighted by atomic mass is 127. The van der Waals surface area contributed by atoms with Gasteiger partial charge in [-0.25, -0.2) is 0 Å². The minimum atomic E-state index is 0. The van der Waals surface area contributed by atoms with Crippen molar-refractivity contribution < 1.29 is 9.21 Å². The van der Waals surface area contributed by atoms with Crippen LogP contribution < -0.4 is 15.5 Å². The summed E-state index contributed by atoms with van der Waals surface area (Å²) in [4.78, 5) is 21.4. The van der Waals surface area contributed by atoms with E-state index in [4.69, 9.17) is 4.42 Å². The van der Waals surface area contributed by atoms with Gasteiger partial charge in [-0.3, -0.25) is 14.7 Å². The molecule has 0 saturated carbocycles. The monoisotopic (exact) mass is 551 g/mol. The third-order valence-electron chi connectivity index (χ3n) is 6.19. The van der Waals surface area contributed by atoms with E-state index in [2.05, 4.69) is 26.6 Å². The zero-order valence-electron chi connectivity index (χ0n) is 18.8. The molecule has 2 aliphatic heterocycles. The number of benzene rings is 1. The van der Waals surface area contributed by atoms with Crippen LogP contribution in [-0.2, 0) is 11.2 Å². The fourth-order valence-electron chi connectivity index (χ4n) is 4.54. The van der Waals surface area contributed by atoms with Crippen LogP contribution in [0, 0.1) is 0 Å². The predicted octanol–water partition coefficient (Wildman–Crippen LogP) is 3.57. The molecule has 174 valence electrons. The lowest BCUT2D eigenvalue weighted by atomic mass is 10.2. The molecule has 1 unspecified atom stereocenters. The van der Waals surface area contributed by atoms with Crippen molar-refractivity contribution >= 4 is 41.5 Å². The number of carbonyl (C=O) groups excluding carboxylic acids is 1. The van der Waals surface area contributed by atoms with E-state index in [1.165, 1.54) is 18.4 Å². The third kappa shape index (κ3) is 6.04. The van der Waals surface area contributed by atoms with E-state index in [0.29, 0.717) is 13.0 Å². The molecular weight excluding hydrogens is 517 g/mol. The van der Waals surface area contributed by atoms with Crippen LogP contribution in [0.2, 0.25) is 0 Å². The summed E-state index contributed by atoms with van der Waals surface area (Å²) < 4.78 is 5.69. The first-order chi connectivity index (χ1) is 15.3. The molecule has 7 nitrogen and oxygen atoms in total. The quantitative estimate of drug-likeness (QED) is 0.227. The molecular formula is C24H34IN5O2. The zero-order chi connectivity index (χ0) is 21.5. The van der Waals surface area contributed by atoms with Crippen LogP contribution in [0.15, 0.2) is 52.1 Å². The molecule has 1 fully saturated rings. The average molecular weight is 551 g/mol. The van der Waals surface area contributed by atoms with Crippen LogP contribution in [0.5, 0.6) is 0 Å². The summed E-state index contributed by atoms with van der Waals surface area (Å²) in [5.74, 6) is 1.94. The lowest BCUT2D eigenvalue weighted by Crippen LogP contribution is -2.43. The molecule has 3 heterocycles. The van der Waals surface area contributed by atoms with Crippen LogP contribution in [0.3, 0.4) is 0 Å². The molecule has 2 N–H and O–H groups in total. The topological polar surface area (TPSA) is 73.1 Å². The van der Waals surface area contributed by atoms with E-state index in [9.17, 15) is 4.79 Å². The van der Waals surface area contributed by atoms with E-state index in [1.807, 2.05) is 35.2 Å². The molecule has 0 radical (unpaired) electrons. The number of likely N-dealkylation sites (tertiary alicyclic amines) is 1. The predicted molar refractivity (Wildman–Crippen MR) is 139 cm³/mol. The second kappa shape index (κ2) is 12.2. The number of amides is 1. The second-order valence-corrected chi connectivity index (χ2v) is 8.18. The smallest absolute Gasteiger partial charge is 0.227 e. The SMILES string of the molecule is CN=C(NCCCC(=O)N1CCc2ccccc21)NCC(c1ccco1)N1CCCC1.I. The highest BCUT2D eigenvalue weighted by Gasteiger charge is 2.26. The Balaban J connectivity index is 0.00000289. The average Bonchev–Trinajstić information content (AvgIpc) is 3.57. The summed E-state index contributed by atoms with van der Waals surface area (Å²) >= 11 is 0. The first kappa shape index (κ1) is 24.6. The van der Waals surface area contributed by atoms with E-state index in [-0.39, 0.29) is 35.9 Å². The number of anilines is 1. The second-order valence-electron chi connectivity index (χ2n) is 8.18. The molecule has 1 aromatic carbocycles. The summed E-state index contributed by atoms with van der Waals surface area (Å²) in [6, 6.07) is 12.4. The minimum Gasteiger partial charge on any atom is -0.468 e. The summed E-state index contributed by atoms with van der Waals surface area (Å²) in [6.07, 6.45) is 6.46. The molecule has 0 aliphatic carbocycles. The summed E-state index contributed by atoms with van der Waals surface area (Å²) in [5.41, 5.74) is 2.34. The van der Waals surface area contributed by atoms with Gasteiger partial charge in [-0.2, -0.15) is 0 Å². The number of rotatable bonds is 8. The van der Waals surface area contributed by atoms with Gasteiger partial charge in [0.05, 0.1) is 12.3 Å². The number of guanidine groups is 1. The highest BCUT2D eigenvalue weighted by Crippen LogP contribution is 2.28. The Bertz CT molecular complexity index is 880.